The summed E-state index contributed by atoms with van der Waals surface area (Å²) in [5, 5.41) is 12.4. The quantitative estimate of drug-likeness (QED) is 0.817. The Hall–Kier alpha value is -2.17. The second-order valence-corrected chi connectivity index (χ2v) is 5.54. The molecule has 0 aliphatic rings. The Morgan fingerprint density at radius 1 is 1.38 bits per heavy atom. The second-order valence-electron chi connectivity index (χ2n) is 5.54. The van der Waals surface area contributed by atoms with Gasteiger partial charge in [0.25, 0.3) is 0 Å². The zero-order chi connectivity index (χ0) is 15.9. The minimum absolute atomic E-state index is 0.187. The van der Waals surface area contributed by atoms with Gasteiger partial charge in [0.2, 0.25) is 0 Å². The van der Waals surface area contributed by atoms with Crippen LogP contribution in [0.5, 0.6) is 11.5 Å². The lowest BCUT2D eigenvalue weighted by Gasteiger charge is -2.19. The van der Waals surface area contributed by atoms with Crippen molar-refractivity contribution in [2.24, 2.45) is 0 Å². The zero-order valence-electron chi connectivity index (χ0n) is 13.0. The van der Waals surface area contributed by atoms with Gasteiger partial charge in [0.05, 0.1) is 7.11 Å². The SMILES string of the molecule is COc1ccc(O)c(C=CCCNC(=O)OC(C)(C)C)c1. The molecule has 0 aliphatic heterocycles. The van der Waals surface area contributed by atoms with E-state index in [9.17, 15) is 9.90 Å². The topological polar surface area (TPSA) is 67.8 Å². The lowest BCUT2D eigenvalue weighted by atomic mass is 10.1. The molecule has 0 spiro atoms. The second kappa shape index (κ2) is 7.57. The van der Waals surface area contributed by atoms with Crippen molar-refractivity contribution < 1.29 is 19.4 Å². The van der Waals surface area contributed by atoms with Gasteiger partial charge in [0, 0.05) is 12.1 Å². The Morgan fingerprint density at radius 3 is 2.71 bits per heavy atom. The maximum Gasteiger partial charge on any atom is 0.407 e. The molecule has 5 heteroatoms. The molecule has 0 atom stereocenters. The largest absolute Gasteiger partial charge is 0.507 e. The van der Waals surface area contributed by atoms with E-state index < -0.39 is 11.7 Å². The van der Waals surface area contributed by atoms with Crippen molar-refractivity contribution in [3.05, 3.63) is 29.8 Å². The third kappa shape index (κ3) is 6.70. The van der Waals surface area contributed by atoms with Crippen LogP contribution in [0.2, 0.25) is 0 Å². The van der Waals surface area contributed by atoms with Crippen molar-refractivity contribution >= 4 is 12.2 Å². The molecular weight excluding hydrogens is 270 g/mol. The molecule has 0 saturated carbocycles. The molecule has 116 valence electrons. The number of ether oxygens (including phenoxy) is 2. The molecule has 0 heterocycles. The summed E-state index contributed by atoms with van der Waals surface area (Å²) in [6.45, 7) is 5.92. The van der Waals surface area contributed by atoms with Crippen LogP contribution in [-0.4, -0.2) is 30.5 Å². The number of carbonyl (C=O) groups excluding carboxylic acids is 1. The van der Waals surface area contributed by atoms with Crippen molar-refractivity contribution in [2.75, 3.05) is 13.7 Å². The maximum atomic E-state index is 11.4. The highest BCUT2D eigenvalue weighted by Crippen LogP contribution is 2.23. The van der Waals surface area contributed by atoms with E-state index in [0.29, 0.717) is 24.3 Å². The van der Waals surface area contributed by atoms with Gasteiger partial charge in [-0.05, 0) is 45.4 Å². The first-order valence-electron chi connectivity index (χ1n) is 6.82. The number of nitrogens with one attached hydrogen (secondary N) is 1. The average molecular weight is 293 g/mol. The van der Waals surface area contributed by atoms with Gasteiger partial charge in [-0.2, -0.15) is 0 Å². The van der Waals surface area contributed by atoms with Gasteiger partial charge >= 0.3 is 6.09 Å². The molecule has 2 N–H and O–H groups in total. The number of carbonyl (C=O) groups is 1. The molecule has 0 saturated heterocycles. The van der Waals surface area contributed by atoms with E-state index in [2.05, 4.69) is 5.32 Å². The average Bonchev–Trinajstić information content (AvgIpc) is 2.38. The van der Waals surface area contributed by atoms with E-state index in [0.717, 1.165) is 0 Å². The zero-order valence-corrected chi connectivity index (χ0v) is 13.0. The molecule has 1 aromatic carbocycles. The summed E-state index contributed by atoms with van der Waals surface area (Å²) < 4.78 is 10.2. The van der Waals surface area contributed by atoms with E-state index >= 15 is 0 Å². The Kier molecular flexibility index (Phi) is 6.09. The summed E-state index contributed by atoms with van der Waals surface area (Å²) in [5.41, 5.74) is 0.179. The van der Waals surface area contributed by atoms with E-state index in [1.165, 1.54) is 0 Å². The van der Waals surface area contributed by atoms with E-state index in [-0.39, 0.29) is 5.75 Å². The highest BCUT2D eigenvalue weighted by Gasteiger charge is 2.15. The summed E-state index contributed by atoms with van der Waals surface area (Å²) in [6.07, 6.45) is 3.86. The molecule has 1 rings (SSSR count). The fraction of sp³-hybridized carbons (Fsp3) is 0.438. The highest BCUT2D eigenvalue weighted by atomic mass is 16.6. The normalized spacial score (nSPS) is 11.4. The fourth-order valence-corrected chi connectivity index (χ4v) is 1.58. The smallest absolute Gasteiger partial charge is 0.407 e. The van der Waals surface area contributed by atoms with Gasteiger partial charge < -0.3 is 19.9 Å². The van der Waals surface area contributed by atoms with Gasteiger partial charge in [-0.1, -0.05) is 12.2 Å². The number of hydrogen-bond acceptors (Lipinski definition) is 4. The summed E-state index contributed by atoms with van der Waals surface area (Å²) in [6, 6.07) is 5.02. The van der Waals surface area contributed by atoms with Crippen LogP contribution in [0, 0.1) is 0 Å². The van der Waals surface area contributed by atoms with Crippen molar-refractivity contribution in [1.82, 2.24) is 5.32 Å². The first kappa shape index (κ1) is 16.9. The Balaban J connectivity index is 2.40. The van der Waals surface area contributed by atoms with Gasteiger partial charge in [-0.25, -0.2) is 4.79 Å². The number of phenolic OH excluding ortho intramolecular Hbond substituents is 1. The number of amides is 1. The first-order valence-corrected chi connectivity index (χ1v) is 6.82. The number of rotatable bonds is 5. The highest BCUT2D eigenvalue weighted by molar-refractivity contribution is 5.67. The van der Waals surface area contributed by atoms with Crippen molar-refractivity contribution in [1.29, 1.82) is 0 Å². The lowest BCUT2D eigenvalue weighted by molar-refractivity contribution is 0.0529. The molecule has 0 aromatic heterocycles. The molecule has 0 fully saturated rings. The van der Waals surface area contributed by atoms with Crippen molar-refractivity contribution in [3.63, 3.8) is 0 Å². The Morgan fingerprint density at radius 2 is 2.10 bits per heavy atom. The third-order valence-electron chi connectivity index (χ3n) is 2.51. The predicted octanol–water partition coefficient (Wildman–Crippen LogP) is 3.33. The summed E-state index contributed by atoms with van der Waals surface area (Å²) in [7, 11) is 1.57. The molecule has 0 unspecified atom stereocenters. The molecule has 0 aliphatic carbocycles. The number of alkyl carbamates (subject to hydrolysis) is 1. The van der Waals surface area contributed by atoms with Crippen LogP contribution in [0.15, 0.2) is 24.3 Å². The van der Waals surface area contributed by atoms with E-state index in [1.807, 2.05) is 26.8 Å². The third-order valence-corrected chi connectivity index (χ3v) is 2.51. The van der Waals surface area contributed by atoms with Crippen molar-refractivity contribution in [3.8, 4) is 11.5 Å². The van der Waals surface area contributed by atoms with Gasteiger partial charge in [-0.15, -0.1) is 0 Å². The van der Waals surface area contributed by atoms with Crippen molar-refractivity contribution in [2.45, 2.75) is 32.8 Å². The number of benzene rings is 1. The minimum atomic E-state index is -0.494. The summed E-state index contributed by atoms with van der Waals surface area (Å²) in [5.74, 6) is 0.867. The van der Waals surface area contributed by atoms with Crippen LogP contribution in [0.4, 0.5) is 4.79 Å². The van der Waals surface area contributed by atoms with Gasteiger partial charge in [0.1, 0.15) is 17.1 Å². The Labute approximate surface area is 125 Å². The van der Waals surface area contributed by atoms with Crippen LogP contribution in [0.1, 0.15) is 32.8 Å². The number of hydrogen-bond donors (Lipinski definition) is 2. The lowest BCUT2D eigenvalue weighted by Crippen LogP contribution is -2.32. The fourth-order valence-electron chi connectivity index (χ4n) is 1.58. The first-order chi connectivity index (χ1) is 9.81. The summed E-state index contributed by atoms with van der Waals surface area (Å²) >= 11 is 0. The van der Waals surface area contributed by atoms with E-state index in [4.69, 9.17) is 9.47 Å². The molecule has 0 radical (unpaired) electrons. The summed E-state index contributed by atoms with van der Waals surface area (Å²) in [4.78, 5) is 11.4. The van der Waals surface area contributed by atoms with Gasteiger partial charge in [-0.3, -0.25) is 0 Å². The standard InChI is InChI=1S/C16H23NO4/c1-16(2,3)21-15(19)17-10-6-5-7-12-11-13(20-4)8-9-14(12)18/h5,7-9,11,18H,6,10H2,1-4H3,(H,17,19). The molecule has 1 amide bonds. The molecule has 21 heavy (non-hydrogen) atoms. The Bertz CT molecular complexity index is 503. The van der Waals surface area contributed by atoms with E-state index in [1.54, 1.807) is 31.4 Å². The number of methoxy groups -OCH3 is 1. The number of phenols is 1. The van der Waals surface area contributed by atoms with Crippen LogP contribution in [0.3, 0.4) is 0 Å². The van der Waals surface area contributed by atoms with Crippen LogP contribution in [-0.2, 0) is 4.74 Å². The number of aromatic hydroxyl groups is 1. The monoisotopic (exact) mass is 293 g/mol. The van der Waals surface area contributed by atoms with Gasteiger partial charge in [0.15, 0.2) is 0 Å². The molecule has 5 nitrogen and oxygen atoms in total. The maximum absolute atomic E-state index is 11.4. The minimum Gasteiger partial charge on any atom is -0.507 e. The predicted molar refractivity (Wildman–Crippen MR) is 82.5 cm³/mol. The van der Waals surface area contributed by atoms with Crippen LogP contribution in [0.25, 0.3) is 6.08 Å². The van der Waals surface area contributed by atoms with Crippen LogP contribution < -0.4 is 10.1 Å². The van der Waals surface area contributed by atoms with Crippen LogP contribution >= 0.6 is 0 Å². The molecular formula is C16H23NO4. The molecule has 1 aromatic rings. The molecule has 0 bridgehead atoms.